The smallest absolute Gasteiger partial charge is 0.225 e. The lowest BCUT2D eigenvalue weighted by Crippen LogP contribution is -2.04. The summed E-state index contributed by atoms with van der Waals surface area (Å²) in [4.78, 5) is 19.0. The van der Waals surface area contributed by atoms with Crippen LogP contribution in [-0.4, -0.2) is 24.9 Å². The topological polar surface area (TPSA) is 119 Å². The van der Waals surface area contributed by atoms with Crippen LogP contribution < -0.4 is 11.5 Å². The number of hydrogen-bond acceptors (Lipinski definition) is 6. The zero-order chi connectivity index (χ0) is 11.5. The Morgan fingerprint density at radius 3 is 2.50 bits per heavy atom. The summed E-state index contributed by atoms with van der Waals surface area (Å²) < 4.78 is 0. The molecule has 0 atom stereocenters. The summed E-state index contributed by atoms with van der Waals surface area (Å²) in [6.07, 6.45) is 3.57. The average molecular weight is 219 g/mol. The van der Waals surface area contributed by atoms with Crippen LogP contribution >= 0.6 is 0 Å². The Labute approximate surface area is 92.4 Å². The highest BCUT2D eigenvalue weighted by Gasteiger charge is 2.08. The SMILES string of the molecule is CCCc1ncc(-c2nc(N)nc(N)n2)[nH]1. The van der Waals surface area contributed by atoms with Crippen LogP contribution in [0.25, 0.3) is 11.5 Å². The molecule has 0 saturated heterocycles. The maximum atomic E-state index is 5.49. The van der Waals surface area contributed by atoms with Gasteiger partial charge in [0.1, 0.15) is 11.5 Å². The van der Waals surface area contributed by atoms with Gasteiger partial charge in [-0.15, -0.1) is 0 Å². The minimum atomic E-state index is 0.106. The summed E-state index contributed by atoms with van der Waals surface area (Å²) in [5.74, 6) is 1.53. The molecular formula is C9H13N7. The molecule has 7 heteroatoms. The highest BCUT2D eigenvalue weighted by Crippen LogP contribution is 2.14. The van der Waals surface area contributed by atoms with Gasteiger partial charge in [-0.3, -0.25) is 0 Å². The van der Waals surface area contributed by atoms with Crippen LogP contribution in [0.5, 0.6) is 0 Å². The van der Waals surface area contributed by atoms with Crippen LogP contribution in [0.15, 0.2) is 6.20 Å². The maximum Gasteiger partial charge on any atom is 0.225 e. The molecule has 0 fully saturated rings. The van der Waals surface area contributed by atoms with Gasteiger partial charge in [0, 0.05) is 6.42 Å². The van der Waals surface area contributed by atoms with E-state index in [1.807, 2.05) is 0 Å². The van der Waals surface area contributed by atoms with Crippen molar-refractivity contribution in [1.82, 2.24) is 24.9 Å². The molecule has 0 saturated carbocycles. The minimum absolute atomic E-state index is 0.106. The summed E-state index contributed by atoms with van der Waals surface area (Å²) in [5.41, 5.74) is 11.7. The second-order valence-corrected chi connectivity index (χ2v) is 3.37. The van der Waals surface area contributed by atoms with E-state index in [4.69, 9.17) is 11.5 Å². The van der Waals surface area contributed by atoms with Crippen molar-refractivity contribution in [2.24, 2.45) is 0 Å². The fraction of sp³-hybridized carbons (Fsp3) is 0.333. The van der Waals surface area contributed by atoms with E-state index in [1.54, 1.807) is 6.20 Å². The molecule has 0 aromatic carbocycles. The monoisotopic (exact) mass is 219 g/mol. The van der Waals surface area contributed by atoms with Crippen LogP contribution in [0.1, 0.15) is 19.2 Å². The van der Waals surface area contributed by atoms with Crippen LogP contribution in [0.4, 0.5) is 11.9 Å². The van der Waals surface area contributed by atoms with E-state index in [-0.39, 0.29) is 11.9 Å². The van der Waals surface area contributed by atoms with Gasteiger partial charge in [-0.2, -0.15) is 15.0 Å². The van der Waals surface area contributed by atoms with E-state index < -0.39 is 0 Å². The van der Waals surface area contributed by atoms with E-state index in [9.17, 15) is 0 Å². The molecule has 0 radical (unpaired) electrons. The molecule has 7 nitrogen and oxygen atoms in total. The van der Waals surface area contributed by atoms with Gasteiger partial charge in [0.05, 0.1) is 6.20 Å². The van der Waals surface area contributed by atoms with Crippen molar-refractivity contribution in [3.8, 4) is 11.5 Å². The number of anilines is 2. The molecule has 2 heterocycles. The minimum Gasteiger partial charge on any atom is -0.368 e. The predicted octanol–water partition coefficient (Wildman–Crippen LogP) is 0.379. The molecule has 0 aliphatic rings. The Morgan fingerprint density at radius 2 is 1.88 bits per heavy atom. The zero-order valence-electron chi connectivity index (χ0n) is 8.94. The van der Waals surface area contributed by atoms with Gasteiger partial charge in [-0.05, 0) is 6.42 Å². The molecular weight excluding hydrogens is 206 g/mol. The van der Waals surface area contributed by atoms with E-state index in [1.165, 1.54) is 0 Å². The second kappa shape index (κ2) is 4.13. The fourth-order valence-electron chi connectivity index (χ4n) is 1.37. The van der Waals surface area contributed by atoms with Crippen LogP contribution in [0.2, 0.25) is 0 Å². The predicted molar refractivity (Wildman–Crippen MR) is 60.2 cm³/mol. The first kappa shape index (κ1) is 10.3. The van der Waals surface area contributed by atoms with Gasteiger partial charge >= 0.3 is 0 Å². The number of nitrogens with zero attached hydrogens (tertiary/aromatic N) is 4. The lowest BCUT2D eigenvalue weighted by molar-refractivity contribution is 0.856. The molecule has 0 bridgehead atoms. The van der Waals surface area contributed by atoms with Crippen molar-refractivity contribution in [3.05, 3.63) is 12.0 Å². The summed E-state index contributed by atoms with van der Waals surface area (Å²) in [7, 11) is 0. The average Bonchev–Trinajstić information content (AvgIpc) is 2.65. The summed E-state index contributed by atoms with van der Waals surface area (Å²) >= 11 is 0. The van der Waals surface area contributed by atoms with Crippen LogP contribution in [-0.2, 0) is 6.42 Å². The molecule has 0 aliphatic carbocycles. The number of aromatic amines is 1. The number of aryl methyl sites for hydroxylation is 1. The quantitative estimate of drug-likeness (QED) is 0.686. The number of aromatic nitrogens is 5. The number of nitrogens with one attached hydrogen (secondary N) is 1. The summed E-state index contributed by atoms with van der Waals surface area (Å²) in [6.45, 7) is 2.08. The summed E-state index contributed by atoms with van der Waals surface area (Å²) in [5, 5.41) is 0. The van der Waals surface area contributed by atoms with E-state index in [2.05, 4.69) is 31.8 Å². The fourth-order valence-corrected chi connectivity index (χ4v) is 1.37. The first-order chi connectivity index (χ1) is 7.69. The normalized spacial score (nSPS) is 10.6. The molecule has 0 aliphatic heterocycles. The van der Waals surface area contributed by atoms with Crippen molar-refractivity contribution in [2.75, 3.05) is 11.5 Å². The Bertz CT molecular complexity index is 470. The molecule has 0 unspecified atom stereocenters. The Kier molecular flexibility index (Phi) is 2.67. The van der Waals surface area contributed by atoms with E-state index >= 15 is 0 Å². The number of nitrogens with two attached hydrogens (primary N) is 2. The van der Waals surface area contributed by atoms with Crippen molar-refractivity contribution >= 4 is 11.9 Å². The molecule has 0 amide bonds. The molecule has 84 valence electrons. The Hall–Kier alpha value is -2.18. The highest BCUT2D eigenvalue weighted by molar-refractivity contribution is 5.51. The lowest BCUT2D eigenvalue weighted by Gasteiger charge is -1.98. The van der Waals surface area contributed by atoms with Gasteiger partial charge in [0.15, 0.2) is 5.82 Å². The van der Waals surface area contributed by atoms with Gasteiger partial charge < -0.3 is 16.5 Å². The van der Waals surface area contributed by atoms with Gasteiger partial charge in [0.25, 0.3) is 0 Å². The first-order valence-corrected chi connectivity index (χ1v) is 5.00. The van der Waals surface area contributed by atoms with Crippen molar-refractivity contribution in [2.45, 2.75) is 19.8 Å². The first-order valence-electron chi connectivity index (χ1n) is 5.00. The van der Waals surface area contributed by atoms with Gasteiger partial charge in [-0.25, -0.2) is 4.98 Å². The lowest BCUT2D eigenvalue weighted by atomic mass is 10.3. The second-order valence-electron chi connectivity index (χ2n) is 3.37. The number of hydrogen-bond donors (Lipinski definition) is 3. The molecule has 2 rings (SSSR count). The zero-order valence-corrected chi connectivity index (χ0v) is 8.94. The molecule has 5 N–H and O–H groups in total. The third-order valence-electron chi connectivity index (χ3n) is 2.03. The van der Waals surface area contributed by atoms with Gasteiger partial charge in [0.2, 0.25) is 11.9 Å². The number of H-pyrrole nitrogens is 1. The van der Waals surface area contributed by atoms with E-state index in [0.717, 1.165) is 18.7 Å². The summed E-state index contributed by atoms with van der Waals surface area (Å²) in [6, 6.07) is 0. The Morgan fingerprint density at radius 1 is 1.19 bits per heavy atom. The van der Waals surface area contributed by atoms with Crippen molar-refractivity contribution < 1.29 is 0 Å². The van der Waals surface area contributed by atoms with Crippen LogP contribution in [0, 0.1) is 0 Å². The highest BCUT2D eigenvalue weighted by atomic mass is 15.1. The van der Waals surface area contributed by atoms with Crippen molar-refractivity contribution in [3.63, 3.8) is 0 Å². The molecule has 0 spiro atoms. The number of imidazole rings is 1. The van der Waals surface area contributed by atoms with Crippen LogP contribution in [0.3, 0.4) is 0 Å². The third-order valence-corrected chi connectivity index (χ3v) is 2.03. The standard InChI is InChI=1S/C9H13N7/c1-2-3-6-12-4-5(13-6)7-14-8(10)16-9(11)15-7/h4H,2-3H2,1H3,(H,12,13)(H4,10,11,14,15,16). The van der Waals surface area contributed by atoms with Crippen molar-refractivity contribution in [1.29, 1.82) is 0 Å². The molecule has 16 heavy (non-hydrogen) atoms. The number of rotatable bonds is 3. The largest absolute Gasteiger partial charge is 0.368 e. The van der Waals surface area contributed by atoms with Gasteiger partial charge in [-0.1, -0.05) is 6.92 Å². The number of nitrogen functional groups attached to an aromatic ring is 2. The maximum absolute atomic E-state index is 5.49. The Balaban J connectivity index is 2.34. The third kappa shape index (κ3) is 2.08. The molecule has 2 aromatic rings. The van der Waals surface area contributed by atoms with E-state index in [0.29, 0.717) is 11.5 Å². The molecule has 2 aromatic heterocycles.